The topological polar surface area (TPSA) is 105 Å². The average molecular weight is 385 g/mol. The predicted octanol–water partition coefficient (Wildman–Crippen LogP) is 2.18. The molecule has 0 amide bonds. The summed E-state index contributed by atoms with van der Waals surface area (Å²) in [5.74, 6) is 0. The van der Waals surface area contributed by atoms with Crippen LogP contribution in [-0.4, -0.2) is 37.7 Å². The number of hydrogen-bond donors (Lipinski definition) is 3. The average Bonchev–Trinajstić information content (AvgIpc) is 2.55. The summed E-state index contributed by atoms with van der Waals surface area (Å²) in [5.41, 5.74) is 14.1. The molecule has 0 saturated heterocycles. The van der Waals surface area contributed by atoms with Gasteiger partial charge in [0.2, 0.25) is 8.77 Å². The van der Waals surface area contributed by atoms with Gasteiger partial charge in [0.15, 0.2) is 0 Å². The van der Waals surface area contributed by atoms with Gasteiger partial charge in [-0.3, -0.25) is 0 Å². The normalized spacial score (nSPS) is 12.5. The molecule has 0 fully saturated rings. The summed E-state index contributed by atoms with van der Waals surface area (Å²) in [5, 5.41) is 8.45. The van der Waals surface area contributed by atoms with E-state index in [1.54, 1.807) is 17.0 Å². The van der Waals surface area contributed by atoms with Gasteiger partial charge in [0.25, 0.3) is 0 Å². The fourth-order valence-electron chi connectivity index (χ4n) is 1.83. The molecule has 0 aromatic heterocycles. The van der Waals surface area contributed by atoms with Crippen LogP contribution in [-0.2, 0) is 24.3 Å². The van der Waals surface area contributed by atoms with E-state index in [2.05, 4.69) is 15.5 Å². The van der Waals surface area contributed by atoms with Crippen LogP contribution in [0.1, 0.15) is 0 Å². The fraction of sp³-hybridized carbons (Fsp3) is 0.250. The maximum atomic E-state index is 11.6. The minimum atomic E-state index is -3.35. The summed E-state index contributed by atoms with van der Waals surface area (Å²) in [7, 11) is 4.30. The van der Waals surface area contributed by atoms with Gasteiger partial charge in [0.1, 0.15) is 0 Å². The van der Waals surface area contributed by atoms with Crippen molar-refractivity contribution in [2.45, 2.75) is 4.90 Å². The van der Waals surface area contributed by atoms with Crippen molar-refractivity contribution in [2.75, 3.05) is 49.5 Å². The molecule has 2 rings (SSSR count). The standard InChI is InChI=1S/C8H12N2O3S2.C8H12N2/c1-10(2)6-3-4-7(9)8(5-6)15(12,14)13-11;1-10(2)8-5-3-7(9)4-6-8/h3-5,11H,9H2,1-2H3;3-6H,9H2,1-2H3. The van der Waals surface area contributed by atoms with Crippen LogP contribution in [0.3, 0.4) is 0 Å². The van der Waals surface area contributed by atoms with Crippen LogP contribution in [0.5, 0.6) is 0 Å². The van der Waals surface area contributed by atoms with Crippen molar-refractivity contribution in [3.8, 4) is 0 Å². The second-order valence-electron chi connectivity index (χ2n) is 5.63. The van der Waals surface area contributed by atoms with E-state index in [1.165, 1.54) is 11.8 Å². The quantitative estimate of drug-likeness (QED) is 0.418. The number of anilines is 4. The van der Waals surface area contributed by atoms with Crippen LogP contribution in [0.15, 0.2) is 47.4 Å². The van der Waals surface area contributed by atoms with Gasteiger partial charge in [-0.15, -0.1) is 4.33 Å². The molecule has 2 aromatic rings. The minimum Gasteiger partial charge on any atom is -0.399 e. The van der Waals surface area contributed by atoms with Gasteiger partial charge >= 0.3 is 0 Å². The molecule has 7 nitrogen and oxygen atoms in total. The number of benzene rings is 2. The summed E-state index contributed by atoms with van der Waals surface area (Å²) in [6, 6.07) is 12.6. The van der Waals surface area contributed by atoms with E-state index >= 15 is 0 Å². The van der Waals surface area contributed by atoms with Crippen molar-refractivity contribution in [1.29, 1.82) is 0 Å². The van der Waals surface area contributed by atoms with E-state index in [0.29, 0.717) is 0 Å². The van der Waals surface area contributed by atoms with E-state index in [1.807, 2.05) is 57.4 Å². The summed E-state index contributed by atoms with van der Waals surface area (Å²) < 4.78 is 15.4. The Kier molecular flexibility index (Phi) is 7.43. The number of hydrogen-bond acceptors (Lipinski definition) is 8. The van der Waals surface area contributed by atoms with E-state index in [4.69, 9.17) is 16.7 Å². The first-order valence-electron chi connectivity index (χ1n) is 7.26. The Morgan fingerprint density at radius 1 is 0.960 bits per heavy atom. The molecule has 0 aliphatic heterocycles. The van der Waals surface area contributed by atoms with Crippen molar-refractivity contribution in [3.05, 3.63) is 42.5 Å². The van der Waals surface area contributed by atoms with E-state index in [9.17, 15) is 4.21 Å². The second kappa shape index (κ2) is 8.86. The highest BCUT2D eigenvalue weighted by Gasteiger charge is 2.15. The summed E-state index contributed by atoms with van der Waals surface area (Å²) in [6.45, 7) is 0. The van der Waals surface area contributed by atoms with E-state index in [0.717, 1.165) is 11.4 Å². The summed E-state index contributed by atoms with van der Waals surface area (Å²) in [6.07, 6.45) is 0. The molecular weight excluding hydrogens is 360 g/mol. The largest absolute Gasteiger partial charge is 0.399 e. The lowest BCUT2D eigenvalue weighted by atomic mass is 10.3. The zero-order chi connectivity index (χ0) is 19.2. The van der Waals surface area contributed by atoms with Crippen LogP contribution in [0.4, 0.5) is 22.7 Å². The maximum absolute atomic E-state index is 11.6. The first kappa shape index (κ1) is 21.0. The highest BCUT2D eigenvalue weighted by atomic mass is 32.8. The molecule has 0 aliphatic rings. The smallest absolute Gasteiger partial charge is 0.204 e. The van der Waals surface area contributed by atoms with Gasteiger partial charge in [-0.25, -0.2) is 9.47 Å². The highest BCUT2D eigenvalue weighted by molar-refractivity contribution is 8.30. The Morgan fingerprint density at radius 3 is 1.88 bits per heavy atom. The molecule has 5 N–H and O–H groups in total. The van der Waals surface area contributed by atoms with Crippen LogP contribution < -0.4 is 21.3 Å². The van der Waals surface area contributed by atoms with Gasteiger partial charge in [0.05, 0.1) is 10.6 Å². The fourth-order valence-corrected chi connectivity index (χ4v) is 2.97. The van der Waals surface area contributed by atoms with Crippen molar-refractivity contribution >= 4 is 42.7 Å². The van der Waals surface area contributed by atoms with Crippen LogP contribution in [0.25, 0.3) is 0 Å². The first-order chi connectivity index (χ1) is 11.6. The van der Waals surface area contributed by atoms with E-state index < -0.39 is 8.77 Å². The minimum absolute atomic E-state index is 0.117. The molecule has 1 atom stereocenters. The first-order valence-corrected chi connectivity index (χ1v) is 9.67. The zero-order valence-electron chi connectivity index (χ0n) is 14.7. The molecule has 0 spiro atoms. The van der Waals surface area contributed by atoms with E-state index in [-0.39, 0.29) is 10.6 Å². The predicted molar refractivity (Wildman–Crippen MR) is 108 cm³/mol. The van der Waals surface area contributed by atoms with Crippen molar-refractivity contribution in [1.82, 2.24) is 0 Å². The van der Waals surface area contributed by atoms with Crippen LogP contribution in [0.2, 0.25) is 0 Å². The molecule has 9 heteroatoms. The Bertz CT molecular complexity index is 792. The summed E-state index contributed by atoms with van der Waals surface area (Å²) >= 11 is 4.60. The van der Waals surface area contributed by atoms with Gasteiger partial charge in [0, 0.05) is 56.4 Å². The number of nitrogens with zero attached hydrogens (tertiary/aromatic N) is 2. The third-order valence-corrected chi connectivity index (χ3v) is 5.10. The second-order valence-corrected chi connectivity index (χ2v) is 8.44. The van der Waals surface area contributed by atoms with Gasteiger partial charge in [-0.05, 0) is 42.5 Å². The summed E-state index contributed by atoms with van der Waals surface area (Å²) in [4.78, 5) is 3.95. The lowest BCUT2D eigenvalue weighted by molar-refractivity contribution is -0.124. The van der Waals surface area contributed by atoms with Crippen molar-refractivity contribution in [3.63, 3.8) is 0 Å². The monoisotopic (exact) mass is 384 g/mol. The molecule has 138 valence electrons. The maximum Gasteiger partial charge on any atom is 0.204 e. The molecule has 25 heavy (non-hydrogen) atoms. The molecule has 0 radical (unpaired) electrons. The molecule has 0 aliphatic carbocycles. The Hall–Kier alpha value is -2.07. The Labute approximate surface area is 153 Å². The van der Waals surface area contributed by atoms with Crippen LogP contribution in [0, 0.1) is 0 Å². The van der Waals surface area contributed by atoms with Crippen LogP contribution >= 0.6 is 0 Å². The molecule has 1 unspecified atom stereocenters. The van der Waals surface area contributed by atoms with Gasteiger partial charge < -0.3 is 21.3 Å². The Balaban J connectivity index is 0.000000271. The third-order valence-electron chi connectivity index (χ3n) is 3.29. The number of nitrogens with two attached hydrogens (primary N) is 2. The lowest BCUT2D eigenvalue weighted by Crippen LogP contribution is -2.11. The molecular formula is C16H24N4O3S2. The Morgan fingerprint density at radius 2 is 1.44 bits per heavy atom. The molecule has 0 heterocycles. The van der Waals surface area contributed by atoms with Gasteiger partial charge in [-0.2, -0.15) is 0 Å². The van der Waals surface area contributed by atoms with Crippen molar-refractivity contribution < 1.29 is 13.8 Å². The molecule has 0 saturated carbocycles. The zero-order valence-corrected chi connectivity index (χ0v) is 16.3. The number of rotatable bonds is 4. The molecule has 2 aromatic carbocycles. The SMILES string of the molecule is CN(C)c1ccc(N)c(S(=O)(=S)OO)c1.CN(C)c1ccc(N)cc1. The lowest BCUT2D eigenvalue weighted by Gasteiger charge is -2.15. The van der Waals surface area contributed by atoms with Crippen molar-refractivity contribution in [2.24, 2.45) is 0 Å². The molecule has 0 bridgehead atoms. The van der Waals surface area contributed by atoms with Gasteiger partial charge in [-0.1, -0.05) is 0 Å². The number of nitrogen functional groups attached to an aromatic ring is 2. The third kappa shape index (κ3) is 6.05. The highest BCUT2D eigenvalue weighted by Crippen LogP contribution is 2.25.